The molecule has 1 aromatic carbocycles. The van der Waals surface area contributed by atoms with Gasteiger partial charge in [-0.25, -0.2) is 0 Å². The number of ether oxygens (including phenoxy) is 1. The molecule has 0 heterocycles. The van der Waals surface area contributed by atoms with E-state index in [0.29, 0.717) is 11.3 Å². The summed E-state index contributed by atoms with van der Waals surface area (Å²) >= 11 is 5.81. The van der Waals surface area contributed by atoms with E-state index >= 15 is 0 Å². The number of halogens is 1. The Morgan fingerprint density at radius 1 is 1.59 bits per heavy atom. The number of carboxylic acid groups (broad SMARTS) is 1. The highest BCUT2D eigenvalue weighted by Gasteiger charge is 2.15. The zero-order valence-electron chi connectivity index (χ0n) is 9.31. The molecular formula is C11H14ClNO4. The molecule has 1 aromatic rings. The molecule has 0 amide bonds. The van der Waals surface area contributed by atoms with Gasteiger partial charge in [-0.2, -0.15) is 0 Å². The van der Waals surface area contributed by atoms with Crippen LogP contribution in [0.1, 0.15) is 24.4 Å². The summed E-state index contributed by atoms with van der Waals surface area (Å²) in [5.74, 6) is -0.597. The van der Waals surface area contributed by atoms with Crippen LogP contribution in [0.3, 0.4) is 0 Å². The Morgan fingerprint density at radius 3 is 2.76 bits per heavy atom. The summed E-state index contributed by atoms with van der Waals surface area (Å²) in [5.41, 5.74) is 6.22. The normalized spacial score (nSPS) is 12.2. The molecule has 0 saturated heterocycles. The Bertz CT molecular complexity index is 422. The first kappa shape index (κ1) is 13.6. The number of aliphatic carboxylic acids is 1. The number of hydrogen-bond donors (Lipinski definition) is 3. The molecule has 0 spiro atoms. The Kier molecular flexibility index (Phi) is 4.60. The van der Waals surface area contributed by atoms with Crippen LogP contribution >= 0.6 is 11.6 Å². The first-order valence-electron chi connectivity index (χ1n) is 4.99. The van der Waals surface area contributed by atoms with Crippen molar-refractivity contribution >= 4 is 17.6 Å². The Hall–Kier alpha value is -1.46. The Morgan fingerprint density at radius 2 is 2.24 bits per heavy atom. The summed E-state index contributed by atoms with van der Waals surface area (Å²) in [6.07, 6.45) is 0.166. The van der Waals surface area contributed by atoms with Crippen LogP contribution in [0.4, 0.5) is 0 Å². The van der Waals surface area contributed by atoms with Crippen LogP contribution in [0.15, 0.2) is 12.1 Å². The number of methoxy groups -OCH3 is 1. The minimum Gasteiger partial charge on any atom is -0.508 e. The lowest BCUT2D eigenvalue weighted by molar-refractivity contribution is -0.137. The van der Waals surface area contributed by atoms with Crippen LogP contribution in [0.5, 0.6) is 11.5 Å². The number of phenolic OH excluding ortho intramolecular Hbond substituents is 1. The monoisotopic (exact) mass is 259 g/mol. The summed E-state index contributed by atoms with van der Waals surface area (Å²) in [6, 6.07) is 2.28. The second-order valence-electron chi connectivity index (χ2n) is 3.58. The molecule has 0 aliphatic rings. The zero-order valence-corrected chi connectivity index (χ0v) is 10.1. The number of phenols is 1. The van der Waals surface area contributed by atoms with E-state index in [9.17, 15) is 9.90 Å². The van der Waals surface area contributed by atoms with Crippen molar-refractivity contribution in [2.45, 2.75) is 18.9 Å². The summed E-state index contributed by atoms with van der Waals surface area (Å²) in [5, 5.41) is 18.5. The van der Waals surface area contributed by atoms with Gasteiger partial charge in [0, 0.05) is 24.1 Å². The quantitative estimate of drug-likeness (QED) is 0.751. The summed E-state index contributed by atoms with van der Waals surface area (Å²) in [4.78, 5) is 10.4. The number of rotatable bonds is 5. The molecule has 6 heteroatoms. The minimum atomic E-state index is -0.930. The number of carbonyl (C=O) groups is 1. The fraction of sp³-hybridized carbons (Fsp3) is 0.364. The summed E-state index contributed by atoms with van der Waals surface area (Å²) in [6.45, 7) is 0. The molecule has 17 heavy (non-hydrogen) atoms. The van der Waals surface area contributed by atoms with E-state index < -0.39 is 12.0 Å². The molecule has 94 valence electrons. The van der Waals surface area contributed by atoms with Gasteiger partial charge in [0.25, 0.3) is 0 Å². The lowest BCUT2D eigenvalue weighted by Crippen LogP contribution is -2.12. The third-order valence-electron chi connectivity index (χ3n) is 2.37. The average Bonchev–Trinajstić information content (AvgIpc) is 2.26. The standard InChI is InChI=1S/C11H14ClNO4/c1-17-10-4-6(9(14)5-7(10)12)8(13)2-3-11(15)16/h4-5,8,14H,2-3,13H2,1H3,(H,15,16). The number of aromatic hydroxyl groups is 1. The maximum absolute atomic E-state index is 10.4. The highest BCUT2D eigenvalue weighted by atomic mass is 35.5. The molecule has 0 aliphatic carbocycles. The van der Waals surface area contributed by atoms with Gasteiger partial charge in [0.1, 0.15) is 11.5 Å². The van der Waals surface area contributed by atoms with Gasteiger partial charge in [-0.3, -0.25) is 4.79 Å². The minimum absolute atomic E-state index is 0.0614. The van der Waals surface area contributed by atoms with Crippen molar-refractivity contribution in [3.63, 3.8) is 0 Å². The molecule has 5 nitrogen and oxygen atoms in total. The molecular weight excluding hydrogens is 246 g/mol. The third kappa shape index (κ3) is 3.51. The topological polar surface area (TPSA) is 92.8 Å². The van der Waals surface area contributed by atoms with Crippen molar-refractivity contribution < 1.29 is 19.7 Å². The first-order chi connectivity index (χ1) is 7.95. The number of hydrogen-bond acceptors (Lipinski definition) is 4. The molecule has 0 fully saturated rings. The predicted octanol–water partition coefficient (Wildman–Crippen LogP) is 1.92. The van der Waals surface area contributed by atoms with E-state index in [1.807, 2.05) is 0 Å². The second-order valence-corrected chi connectivity index (χ2v) is 3.99. The fourth-order valence-corrected chi connectivity index (χ4v) is 1.68. The van der Waals surface area contributed by atoms with E-state index in [1.54, 1.807) is 0 Å². The largest absolute Gasteiger partial charge is 0.508 e. The first-order valence-corrected chi connectivity index (χ1v) is 5.37. The van der Waals surface area contributed by atoms with Gasteiger partial charge in [0.15, 0.2) is 0 Å². The zero-order chi connectivity index (χ0) is 13.0. The average molecular weight is 260 g/mol. The van der Waals surface area contributed by atoms with Crippen molar-refractivity contribution in [3.05, 3.63) is 22.7 Å². The molecule has 0 aliphatic heterocycles. The van der Waals surface area contributed by atoms with Gasteiger partial charge in [-0.15, -0.1) is 0 Å². The number of benzene rings is 1. The van der Waals surface area contributed by atoms with E-state index in [-0.39, 0.29) is 23.6 Å². The molecule has 1 atom stereocenters. The van der Waals surface area contributed by atoms with E-state index in [0.717, 1.165) is 0 Å². The second kappa shape index (κ2) is 5.75. The van der Waals surface area contributed by atoms with Crippen molar-refractivity contribution in [1.82, 2.24) is 0 Å². The van der Waals surface area contributed by atoms with Gasteiger partial charge in [-0.1, -0.05) is 11.6 Å². The molecule has 1 rings (SSSR count). The van der Waals surface area contributed by atoms with Crippen molar-refractivity contribution in [2.75, 3.05) is 7.11 Å². The van der Waals surface area contributed by atoms with Crippen molar-refractivity contribution in [3.8, 4) is 11.5 Å². The number of carboxylic acids is 1. The van der Waals surface area contributed by atoms with Crippen LogP contribution in [0.25, 0.3) is 0 Å². The SMILES string of the molecule is COc1cc(C(N)CCC(=O)O)c(O)cc1Cl. The van der Waals surface area contributed by atoms with Crippen molar-refractivity contribution in [1.29, 1.82) is 0 Å². The lowest BCUT2D eigenvalue weighted by Gasteiger charge is -2.14. The van der Waals surface area contributed by atoms with Crippen LogP contribution in [0, 0.1) is 0 Å². The van der Waals surface area contributed by atoms with Crippen LogP contribution in [0.2, 0.25) is 5.02 Å². The van der Waals surface area contributed by atoms with E-state index in [1.165, 1.54) is 19.2 Å². The summed E-state index contributed by atoms with van der Waals surface area (Å²) in [7, 11) is 1.45. The fourth-order valence-electron chi connectivity index (χ4n) is 1.45. The van der Waals surface area contributed by atoms with Gasteiger partial charge in [0.05, 0.1) is 12.1 Å². The highest BCUT2D eigenvalue weighted by molar-refractivity contribution is 6.32. The molecule has 4 N–H and O–H groups in total. The smallest absolute Gasteiger partial charge is 0.303 e. The maximum atomic E-state index is 10.4. The summed E-state index contributed by atoms with van der Waals surface area (Å²) < 4.78 is 5.00. The predicted molar refractivity (Wildman–Crippen MR) is 63.5 cm³/mol. The van der Waals surface area contributed by atoms with Crippen LogP contribution in [-0.2, 0) is 4.79 Å². The highest BCUT2D eigenvalue weighted by Crippen LogP contribution is 2.35. The molecule has 0 radical (unpaired) electrons. The van der Waals surface area contributed by atoms with Gasteiger partial charge in [0.2, 0.25) is 0 Å². The maximum Gasteiger partial charge on any atom is 0.303 e. The lowest BCUT2D eigenvalue weighted by atomic mass is 10.0. The Balaban J connectivity index is 2.92. The van der Waals surface area contributed by atoms with Gasteiger partial charge >= 0.3 is 5.97 Å². The Labute approximate surface area is 104 Å². The number of nitrogens with two attached hydrogens (primary N) is 1. The molecule has 0 bridgehead atoms. The van der Waals surface area contributed by atoms with E-state index in [2.05, 4.69) is 0 Å². The van der Waals surface area contributed by atoms with Gasteiger partial charge < -0.3 is 20.7 Å². The van der Waals surface area contributed by atoms with Crippen molar-refractivity contribution in [2.24, 2.45) is 5.73 Å². The van der Waals surface area contributed by atoms with E-state index in [4.69, 9.17) is 27.2 Å². The molecule has 1 unspecified atom stereocenters. The third-order valence-corrected chi connectivity index (χ3v) is 2.67. The molecule has 0 saturated carbocycles. The van der Waals surface area contributed by atoms with Crippen LogP contribution in [-0.4, -0.2) is 23.3 Å². The van der Waals surface area contributed by atoms with Gasteiger partial charge in [-0.05, 0) is 12.5 Å². The van der Waals surface area contributed by atoms with Crippen LogP contribution < -0.4 is 10.5 Å². The molecule has 0 aromatic heterocycles.